The van der Waals surface area contributed by atoms with Crippen LogP contribution in [0.4, 0.5) is 0 Å². The molecule has 1 atom stereocenters. The molecule has 0 radical (unpaired) electrons. The topological polar surface area (TPSA) is 32.3 Å². The Hall–Kier alpha value is -1.35. The molecule has 1 aromatic carbocycles. The highest BCUT2D eigenvalue weighted by Gasteiger charge is 2.36. The monoisotopic (exact) mass is 244 g/mol. The van der Waals surface area contributed by atoms with Gasteiger partial charge in [-0.15, -0.1) is 0 Å². The van der Waals surface area contributed by atoms with E-state index in [2.05, 4.69) is 10.2 Å². The van der Waals surface area contributed by atoms with Gasteiger partial charge >= 0.3 is 0 Å². The summed E-state index contributed by atoms with van der Waals surface area (Å²) < 4.78 is 0. The Balaban J connectivity index is 1.72. The number of amides is 1. The fraction of sp³-hybridized carbons (Fsp3) is 0.533. The molecule has 1 heterocycles. The molecule has 1 N–H and O–H groups in total. The summed E-state index contributed by atoms with van der Waals surface area (Å²) in [4.78, 5) is 14.5. The molecule has 18 heavy (non-hydrogen) atoms. The summed E-state index contributed by atoms with van der Waals surface area (Å²) in [5, 5.41) is 3.35. The lowest BCUT2D eigenvalue weighted by Crippen LogP contribution is -2.38. The summed E-state index contributed by atoms with van der Waals surface area (Å²) in [5.41, 5.74) is 1.08. The van der Waals surface area contributed by atoms with Gasteiger partial charge in [-0.2, -0.15) is 0 Å². The van der Waals surface area contributed by atoms with Gasteiger partial charge in [-0.1, -0.05) is 49.6 Å². The van der Waals surface area contributed by atoms with Crippen LogP contribution in [0.3, 0.4) is 0 Å². The van der Waals surface area contributed by atoms with E-state index in [1.807, 2.05) is 30.3 Å². The highest BCUT2D eigenvalue weighted by molar-refractivity contribution is 5.85. The first kappa shape index (κ1) is 11.7. The van der Waals surface area contributed by atoms with Gasteiger partial charge in [-0.25, -0.2) is 0 Å². The van der Waals surface area contributed by atoms with Crippen LogP contribution in [0.15, 0.2) is 30.3 Å². The normalized spacial score (nSPS) is 25.7. The maximum absolute atomic E-state index is 12.5. The zero-order chi connectivity index (χ0) is 12.4. The number of benzene rings is 1. The summed E-state index contributed by atoms with van der Waals surface area (Å²) in [6.45, 7) is 0.711. The second-order valence-electron chi connectivity index (χ2n) is 5.31. The van der Waals surface area contributed by atoms with Crippen molar-refractivity contribution < 1.29 is 4.79 Å². The van der Waals surface area contributed by atoms with E-state index in [-0.39, 0.29) is 11.9 Å². The van der Waals surface area contributed by atoms with Crippen LogP contribution in [-0.4, -0.2) is 23.5 Å². The van der Waals surface area contributed by atoms with Crippen LogP contribution >= 0.6 is 0 Å². The van der Waals surface area contributed by atoms with Crippen LogP contribution in [0, 0.1) is 0 Å². The van der Waals surface area contributed by atoms with E-state index in [0.717, 1.165) is 5.56 Å². The first-order chi connectivity index (χ1) is 8.86. The first-order valence-electron chi connectivity index (χ1n) is 6.95. The number of nitrogens with one attached hydrogen (secondary N) is 1. The Morgan fingerprint density at radius 1 is 1.06 bits per heavy atom. The highest BCUT2D eigenvalue weighted by atomic mass is 16.2. The summed E-state index contributed by atoms with van der Waals surface area (Å²) in [7, 11) is 0. The van der Waals surface area contributed by atoms with Crippen molar-refractivity contribution in [3.8, 4) is 0 Å². The largest absolute Gasteiger partial charge is 0.325 e. The predicted octanol–water partition coefficient (Wildman–Crippen LogP) is 2.45. The van der Waals surface area contributed by atoms with Crippen molar-refractivity contribution in [1.29, 1.82) is 0 Å². The van der Waals surface area contributed by atoms with Gasteiger partial charge in [0.25, 0.3) is 0 Å². The smallest absolute Gasteiger partial charge is 0.245 e. The zero-order valence-corrected chi connectivity index (χ0v) is 10.6. The highest BCUT2D eigenvalue weighted by Crippen LogP contribution is 2.28. The Bertz CT molecular complexity index is 412. The molecule has 1 aromatic rings. The van der Waals surface area contributed by atoms with Crippen LogP contribution in [0.1, 0.15) is 43.7 Å². The summed E-state index contributed by atoms with van der Waals surface area (Å²) in [6.07, 6.45) is 6.22. The van der Waals surface area contributed by atoms with Crippen LogP contribution < -0.4 is 5.32 Å². The fourth-order valence-electron chi connectivity index (χ4n) is 3.13. The first-order valence-corrected chi connectivity index (χ1v) is 6.95. The second-order valence-corrected chi connectivity index (χ2v) is 5.31. The third-order valence-corrected chi connectivity index (χ3v) is 4.14. The Kier molecular flexibility index (Phi) is 3.33. The average molecular weight is 244 g/mol. The minimum atomic E-state index is -0.131. The maximum atomic E-state index is 12.5. The summed E-state index contributed by atoms with van der Waals surface area (Å²) in [5.74, 6) is 0.258. The Morgan fingerprint density at radius 3 is 2.50 bits per heavy atom. The van der Waals surface area contributed by atoms with Crippen molar-refractivity contribution in [2.45, 2.75) is 44.2 Å². The van der Waals surface area contributed by atoms with Gasteiger partial charge in [-0.3, -0.25) is 10.1 Å². The summed E-state index contributed by atoms with van der Waals surface area (Å²) >= 11 is 0. The van der Waals surface area contributed by atoms with Crippen molar-refractivity contribution in [1.82, 2.24) is 10.2 Å². The molecule has 1 saturated heterocycles. The maximum Gasteiger partial charge on any atom is 0.245 e. The van der Waals surface area contributed by atoms with Gasteiger partial charge in [0.1, 0.15) is 6.04 Å². The van der Waals surface area contributed by atoms with E-state index in [1.165, 1.54) is 32.1 Å². The predicted molar refractivity (Wildman–Crippen MR) is 70.9 cm³/mol. The molecule has 1 saturated carbocycles. The minimum absolute atomic E-state index is 0.131. The number of hydrogen-bond acceptors (Lipinski definition) is 2. The number of nitrogens with zero attached hydrogens (tertiary/aromatic N) is 1. The van der Waals surface area contributed by atoms with Crippen molar-refractivity contribution in [3.63, 3.8) is 0 Å². The lowest BCUT2D eigenvalue weighted by molar-refractivity contribution is -0.131. The van der Waals surface area contributed by atoms with Crippen LogP contribution in [0.5, 0.6) is 0 Å². The van der Waals surface area contributed by atoms with Crippen molar-refractivity contribution in [2.24, 2.45) is 0 Å². The molecular weight excluding hydrogens is 224 g/mol. The lowest BCUT2D eigenvalue weighted by atomic mass is 9.94. The Morgan fingerprint density at radius 2 is 1.78 bits per heavy atom. The number of hydrogen-bond donors (Lipinski definition) is 1. The zero-order valence-electron chi connectivity index (χ0n) is 10.6. The summed E-state index contributed by atoms with van der Waals surface area (Å²) in [6, 6.07) is 10.4. The molecular formula is C15H20N2O. The number of rotatable bonds is 2. The van der Waals surface area contributed by atoms with Gasteiger partial charge in [0, 0.05) is 6.04 Å². The minimum Gasteiger partial charge on any atom is -0.325 e. The fourth-order valence-corrected chi connectivity index (χ4v) is 3.13. The van der Waals surface area contributed by atoms with Crippen LogP contribution in [-0.2, 0) is 4.79 Å². The molecule has 0 aromatic heterocycles. The van der Waals surface area contributed by atoms with Gasteiger partial charge in [0.05, 0.1) is 6.67 Å². The quantitative estimate of drug-likeness (QED) is 0.866. The van der Waals surface area contributed by atoms with E-state index in [9.17, 15) is 4.79 Å². The molecule has 0 bridgehead atoms. The van der Waals surface area contributed by atoms with Crippen LogP contribution in [0.25, 0.3) is 0 Å². The lowest BCUT2D eigenvalue weighted by Gasteiger charge is -2.30. The Labute approximate surface area is 108 Å². The molecule has 1 amide bonds. The third kappa shape index (κ3) is 2.15. The molecule has 3 heteroatoms. The molecule has 3 nitrogen and oxygen atoms in total. The molecule has 1 aliphatic carbocycles. The molecule has 2 aliphatic rings. The van der Waals surface area contributed by atoms with E-state index in [1.54, 1.807) is 0 Å². The number of carbonyl (C=O) groups excluding carboxylic acids is 1. The standard InChI is InChI=1S/C15H20N2O/c18-15-14(12-7-3-1-4-8-12)16-11-17(15)13-9-5-2-6-10-13/h1,3-4,7-8,13-14,16H,2,5-6,9-11H2. The van der Waals surface area contributed by atoms with Crippen molar-refractivity contribution in [3.05, 3.63) is 35.9 Å². The van der Waals surface area contributed by atoms with Gasteiger partial charge in [0.15, 0.2) is 0 Å². The molecule has 3 rings (SSSR count). The SMILES string of the molecule is O=C1C(c2ccccc2)NCN1C1CCCCC1. The second kappa shape index (κ2) is 5.11. The molecule has 96 valence electrons. The molecule has 2 fully saturated rings. The average Bonchev–Trinajstić information content (AvgIpc) is 2.83. The molecule has 0 spiro atoms. The van der Waals surface area contributed by atoms with Crippen molar-refractivity contribution in [2.75, 3.05) is 6.67 Å². The third-order valence-electron chi connectivity index (χ3n) is 4.14. The molecule has 1 unspecified atom stereocenters. The van der Waals surface area contributed by atoms with Gasteiger partial charge < -0.3 is 4.90 Å². The van der Waals surface area contributed by atoms with Gasteiger partial charge in [-0.05, 0) is 18.4 Å². The van der Waals surface area contributed by atoms with Crippen LogP contribution in [0.2, 0.25) is 0 Å². The number of carbonyl (C=O) groups is 1. The van der Waals surface area contributed by atoms with Crippen molar-refractivity contribution >= 4 is 5.91 Å². The van der Waals surface area contributed by atoms with E-state index in [4.69, 9.17) is 0 Å². The van der Waals surface area contributed by atoms with E-state index < -0.39 is 0 Å². The van der Waals surface area contributed by atoms with E-state index in [0.29, 0.717) is 12.7 Å². The molecule has 1 aliphatic heterocycles. The van der Waals surface area contributed by atoms with Gasteiger partial charge in [0.2, 0.25) is 5.91 Å². The van der Waals surface area contributed by atoms with E-state index >= 15 is 0 Å².